The zero-order valence-corrected chi connectivity index (χ0v) is 16.7. The quantitative estimate of drug-likeness (QED) is 0.519. The molecule has 2 rings (SSSR count). The summed E-state index contributed by atoms with van der Waals surface area (Å²) in [7, 11) is 1.62. The maximum absolute atomic E-state index is 12.1. The first-order valence-corrected chi connectivity index (χ1v) is 9.59. The van der Waals surface area contributed by atoms with Crippen LogP contribution in [-0.2, 0) is 11.3 Å². The number of hydrogen-bond donors (Lipinski definition) is 3. The third kappa shape index (κ3) is 5.98. The third-order valence-electron chi connectivity index (χ3n) is 4.54. The van der Waals surface area contributed by atoms with Crippen LogP contribution in [0.3, 0.4) is 0 Å². The van der Waals surface area contributed by atoms with Gasteiger partial charge in [0, 0.05) is 44.2 Å². The van der Waals surface area contributed by atoms with Crippen LogP contribution in [0.4, 0.5) is 0 Å². The Morgan fingerprint density at radius 1 is 1.26 bits per heavy atom. The van der Waals surface area contributed by atoms with Crippen LogP contribution >= 0.6 is 0 Å². The Balaban J connectivity index is 1.94. The number of carbonyl (C=O) groups excluding carboxylic acids is 2. The molecule has 0 aromatic heterocycles. The van der Waals surface area contributed by atoms with Crippen LogP contribution < -0.4 is 16.0 Å². The molecule has 0 spiro atoms. The van der Waals surface area contributed by atoms with Gasteiger partial charge in [0.25, 0.3) is 5.91 Å². The molecule has 1 heterocycles. The molecule has 1 unspecified atom stereocenters. The maximum Gasteiger partial charge on any atom is 0.251 e. The zero-order valence-electron chi connectivity index (χ0n) is 16.7. The van der Waals surface area contributed by atoms with E-state index in [4.69, 9.17) is 0 Å². The molecule has 0 aliphatic carbocycles. The molecule has 1 aliphatic heterocycles. The molecule has 1 atom stereocenters. The Kier molecular flexibility index (Phi) is 7.64. The van der Waals surface area contributed by atoms with Crippen LogP contribution in [-0.4, -0.2) is 55.4 Å². The van der Waals surface area contributed by atoms with Crippen LogP contribution in [0.1, 0.15) is 43.1 Å². The van der Waals surface area contributed by atoms with Crippen LogP contribution in [0.5, 0.6) is 0 Å². The van der Waals surface area contributed by atoms with Crippen molar-refractivity contribution < 1.29 is 9.59 Å². The number of amides is 2. The van der Waals surface area contributed by atoms with Crippen LogP contribution in [0, 0.1) is 5.92 Å². The molecule has 1 aliphatic rings. The first kappa shape index (κ1) is 20.7. The number of likely N-dealkylation sites (tertiary alicyclic amines) is 1. The summed E-state index contributed by atoms with van der Waals surface area (Å²) in [4.78, 5) is 30.3. The van der Waals surface area contributed by atoms with Gasteiger partial charge in [-0.1, -0.05) is 26.0 Å². The summed E-state index contributed by atoms with van der Waals surface area (Å²) in [5.41, 5.74) is 1.67. The molecule has 1 aromatic carbocycles. The molecule has 148 valence electrons. The van der Waals surface area contributed by atoms with Crippen molar-refractivity contribution >= 4 is 17.8 Å². The standard InChI is InChI=1S/C20H31N5O2/c1-5-22-20(24-17-10-11-25(13-17)19(27)14(2)3)23-12-15-6-8-16(9-7-15)18(26)21-4/h6-9,14,17H,5,10-13H2,1-4H3,(H,21,26)(H2,22,23,24). The monoisotopic (exact) mass is 373 g/mol. The van der Waals surface area contributed by atoms with E-state index < -0.39 is 0 Å². The van der Waals surface area contributed by atoms with Gasteiger partial charge in [-0.2, -0.15) is 0 Å². The minimum Gasteiger partial charge on any atom is -0.357 e. The molecular formula is C20H31N5O2. The molecule has 3 N–H and O–H groups in total. The molecular weight excluding hydrogens is 342 g/mol. The Labute approximate surface area is 161 Å². The second kappa shape index (κ2) is 9.94. The fourth-order valence-corrected chi connectivity index (χ4v) is 3.03. The molecule has 7 nitrogen and oxygen atoms in total. The van der Waals surface area contributed by atoms with Crippen molar-refractivity contribution in [3.63, 3.8) is 0 Å². The number of nitrogens with zero attached hydrogens (tertiary/aromatic N) is 2. The summed E-state index contributed by atoms with van der Waals surface area (Å²) in [6.45, 7) is 8.68. The lowest BCUT2D eigenvalue weighted by Gasteiger charge is -2.20. The minimum absolute atomic E-state index is 0.0309. The van der Waals surface area contributed by atoms with Crippen molar-refractivity contribution in [3.8, 4) is 0 Å². The average molecular weight is 374 g/mol. The normalized spacial score (nSPS) is 17.1. The summed E-state index contributed by atoms with van der Waals surface area (Å²) < 4.78 is 0. The van der Waals surface area contributed by atoms with Crippen molar-refractivity contribution in [2.75, 3.05) is 26.7 Å². The molecule has 1 aromatic rings. The first-order valence-electron chi connectivity index (χ1n) is 9.59. The number of aliphatic imine (C=N–C) groups is 1. The first-order chi connectivity index (χ1) is 12.9. The molecule has 7 heteroatoms. The van der Waals surface area contributed by atoms with E-state index in [-0.39, 0.29) is 23.8 Å². The lowest BCUT2D eigenvalue weighted by atomic mass is 10.1. The van der Waals surface area contributed by atoms with Gasteiger partial charge in [-0.25, -0.2) is 4.99 Å². The zero-order chi connectivity index (χ0) is 19.8. The molecule has 2 amide bonds. The number of rotatable bonds is 6. The van der Waals surface area contributed by atoms with Gasteiger partial charge in [0.1, 0.15) is 0 Å². The topological polar surface area (TPSA) is 85.8 Å². The van der Waals surface area contributed by atoms with Crippen molar-refractivity contribution in [1.82, 2.24) is 20.9 Å². The highest BCUT2D eigenvalue weighted by molar-refractivity contribution is 5.93. The van der Waals surface area contributed by atoms with Gasteiger partial charge in [-0.05, 0) is 31.0 Å². The van der Waals surface area contributed by atoms with E-state index in [2.05, 4.69) is 20.9 Å². The summed E-state index contributed by atoms with van der Waals surface area (Å²) in [6, 6.07) is 7.64. The van der Waals surface area contributed by atoms with Crippen LogP contribution in [0.2, 0.25) is 0 Å². The SMILES string of the molecule is CCNC(=NCc1ccc(C(=O)NC)cc1)NC1CCN(C(=O)C(C)C)C1. The van der Waals surface area contributed by atoms with E-state index in [0.29, 0.717) is 18.7 Å². The fourth-order valence-electron chi connectivity index (χ4n) is 3.03. The molecule has 0 bridgehead atoms. The number of carbonyl (C=O) groups is 2. The summed E-state index contributed by atoms with van der Waals surface area (Å²) in [5.74, 6) is 0.888. The Hall–Kier alpha value is -2.57. The van der Waals surface area contributed by atoms with Crippen molar-refractivity contribution in [2.45, 2.75) is 39.8 Å². The number of hydrogen-bond acceptors (Lipinski definition) is 3. The fraction of sp³-hybridized carbons (Fsp3) is 0.550. The van der Waals surface area contributed by atoms with E-state index in [1.165, 1.54) is 0 Å². The summed E-state index contributed by atoms with van der Waals surface area (Å²) in [6.07, 6.45) is 0.920. The molecule has 0 radical (unpaired) electrons. The van der Waals surface area contributed by atoms with E-state index in [0.717, 1.165) is 31.0 Å². The van der Waals surface area contributed by atoms with E-state index in [9.17, 15) is 9.59 Å². The van der Waals surface area contributed by atoms with Gasteiger partial charge >= 0.3 is 0 Å². The number of nitrogens with one attached hydrogen (secondary N) is 3. The lowest BCUT2D eigenvalue weighted by Crippen LogP contribution is -2.45. The van der Waals surface area contributed by atoms with E-state index in [1.54, 1.807) is 19.2 Å². The summed E-state index contributed by atoms with van der Waals surface area (Å²) >= 11 is 0. The lowest BCUT2D eigenvalue weighted by molar-refractivity contribution is -0.133. The van der Waals surface area contributed by atoms with E-state index >= 15 is 0 Å². The highest BCUT2D eigenvalue weighted by Gasteiger charge is 2.27. The number of guanidine groups is 1. The molecule has 27 heavy (non-hydrogen) atoms. The van der Waals surface area contributed by atoms with Crippen molar-refractivity contribution in [2.24, 2.45) is 10.9 Å². The van der Waals surface area contributed by atoms with Crippen LogP contribution in [0.15, 0.2) is 29.3 Å². The predicted octanol–water partition coefficient (Wildman–Crippen LogP) is 1.36. The Bertz CT molecular complexity index is 669. The third-order valence-corrected chi connectivity index (χ3v) is 4.54. The van der Waals surface area contributed by atoms with Gasteiger partial charge in [-0.15, -0.1) is 0 Å². The van der Waals surface area contributed by atoms with Gasteiger partial charge in [0.15, 0.2) is 5.96 Å². The molecule has 1 saturated heterocycles. The largest absolute Gasteiger partial charge is 0.357 e. The van der Waals surface area contributed by atoms with E-state index in [1.807, 2.05) is 37.8 Å². The van der Waals surface area contributed by atoms with Gasteiger partial charge in [-0.3, -0.25) is 9.59 Å². The maximum atomic E-state index is 12.1. The smallest absolute Gasteiger partial charge is 0.251 e. The number of benzene rings is 1. The minimum atomic E-state index is -0.0956. The highest BCUT2D eigenvalue weighted by atomic mass is 16.2. The Morgan fingerprint density at radius 3 is 2.56 bits per heavy atom. The predicted molar refractivity (Wildman–Crippen MR) is 108 cm³/mol. The van der Waals surface area contributed by atoms with Gasteiger partial charge in [0.2, 0.25) is 5.91 Å². The average Bonchev–Trinajstić information content (AvgIpc) is 3.13. The second-order valence-electron chi connectivity index (χ2n) is 7.04. The highest BCUT2D eigenvalue weighted by Crippen LogP contribution is 2.13. The van der Waals surface area contributed by atoms with Crippen molar-refractivity contribution in [1.29, 1.82) is 0 Å². The molecule has 0 saturated carbocycles. The summed E-state index contributed by atoms with van der Waals surface area (Å²) in [5, 5.41) is 9.30. The van der Waals surface area contributed by atoms with Crippen LogP contribution in [0.25, 0.3) is 0 Å². The van der Waals surface area contributed by atoms with Gasteiger partial charge in [0.05, 0.1) is 6.54 Å². The Morgan fingerprint density at radius 2 is 1.96 bits per heavy atom. The second-order valence-corrected chi connectivity index (χ2v) is 7.04. The van der Waals surface area contributed by atoms with Crippen molar-refractivity contribution in [3.05, 3.63) is 35.4 Å². The molecule has 1 fully saturated rings. The van der Waals surface area contributed by atoms with Gasteiger partial charge < -0.3 is 20.9 Å².